The summed E-state index contributed by atoms with van der Waals surface area (Å²) in [6.07, 6.45) is 0. The Morgan fingerprint density at radius 1 is 1.00 bits per heavy atom. The van der Waals surface area contributed by atoms with Gasteiger partial charge in [0.2, 0.25) is 0 Å². The average molecular weight is 331 g/mol. The summed E-state index contributed by atoms with van der Waals surface area (Å²) >= 11 is 17.9. The second-order valence-corrected chi connectivity index (χ2v) is 5.59. The quantitative estimate of drug-likeness (QED) is 0.736. The fourth-order valence-corrected chi connectivity index (χ4v) is 2.34. The van der Waals surface area contributed by atoms with Crippen molar-refractivity contribution in [1.82, 2.24) is 0 Å². The van der Waals surface area contributed by atoms with Crippen LogP contribution in [0.2, 0.25) is 15.1 Å². The van der Waals surface area contributed by atoms with Crippen LogP contribution in [0, 0.1) is 6.92 Å². The number of benzene rings is 2. The van der Waals surface area contributed by atoms with Crippen LogP contribution in [0.25, 0.3) is 0 Å². The molecule has 5 heteroatoms. The van der Waals surface area contributed by atoms with Gasteiger partial charge in [0.15, 0.2) is 0 Å². The molecule has 0 saturated heterocycles. The summed E-state index contributed by atoms with van der Waals surface area (Å²) < 4.78 is 5.69. The van der Waals surface area contributed by atoms with Gasteiger partial charge in [0.1, 0.15) is 12.4 Å². The third kappa shape index (κ3) is 4.20. The zero-order chi connectivity index (χ0) is 14.5. The highest BCUT2D eigenvalue weighted by molar-refractivity contribution is 6.35. The number of ether oxygens (including phenoxy) is 1. The van der Waals surface area contributed by atoms with Crippen LogP contribution in [0.4, 0.5) is 5.69 Å². The summed E-state index contributed by atoms with van der Waals surface area (Å²) in [5.74, 6) is 0.827. The first-order valence-corrected chi connectivity index (χ1v) is 7.27. The van der Waals surface area contributed by atoms with E-state index in [0.717, 1.165) is 17.0 Å². The number of hydrogen-bond donors (Lipinski definition) is 1. The molecule has 2 aromatic rings. The molecule has 0 amide bonds. The predicted octanol–water partition coefficient (Wildman–Crippen LogP) is 5.45. The Balaban J connectivity index is 1.86. The molecule has 0 aromatic heterocycles. The molecule has 0 unspecified atom stereocenters. The van der Waals surface area contributed by atoms with Crippen molar-refractivity contribution in [3.05, 3.63) is 57.0 Å². The maximum atomic E-state index is 6.06. The largest absolute Gasteiger partial charge is 0.491 e. The zero-order valence-corrected chi connectivity index (χ0v) is 13.2. The van der Waals surface area contributed by atoms with Gasteiger partial charge in [-0.3, -0.25) is 0 Å². The first kappa shape index (κ1) is 15.3. The van der Waals surface area contributed by atoms with Crippen molar-refractivity contribution in [3.8, 4) is 5.75 Å². The van der Waals surface area contributed by atoms with Crippen molar-refractivity contribution in [3.63, 3.8) is 0 Å². The molecule has 0 radical (unpaired) electrons. The molecule has 0 aliphatic heterocycles. The smallest absolute Gasteiger partial charge is 0.122 e. The first-order valence-electron chi connectivity index (χ1n) is 6.14. The van der Waals surface area contributed by atoms with Gasteiger partial charge >= 0.3 is 0 Å². The van der Waals surface area contributed by atoms with Gasteiger partial charge < -0.3 is 10.1 Å². The number of anilines is 1. The van der Waals surface area contributed by atoms with E-state index in [2.05, 4.69) is 5.32 Å². The molecule has 0 fully saturated rings. The van der Waals surface area contributed by atoms with E-state index in [9.17, 15) is 0 Å². The molecule has 2 rings (SSSR count). The Morgan fingerprint density at radius 2 is 1.70 bits per heavy atom. The standard InChI is InChI=1S/C15H14Cl3NO/c1-10-8-11(16)3-5-15(10)20-7-6-19-14-9-12(17)2-4-13(14)18/h2-5,8-9,19H,6-7H2,1H3. The Bertz CT molecular complexity index is 602. The molecule has 0 bridgehead atoms. The third-order valence-electron chi connectivity index (χ3n) is 2.74. The lowest BCUT2D eigenvalue weighted by Crippen LogP contribution is -2.12. The minimum atomic E-state index is 0.519. The molecular weight excluding hydrogens is 317 g/mol. The topological polar surface area (TPSA) is 21.3 Å². The van der Waals surface area contributed by atoms with Gasteiger partial charge in [-0.05, 0) is 48.9 Å². The maximum absolute atomic E-state index is 6.06. The molecule has 0 heterocycles. The molecule has 2 nitrogen and oxygen atoms in total. The second-order valence-electron chi connectivity index (χ2n) is 4.31. The third-order valence-corrected chi connectivity index (χ3v) is 3.54. The molecule has 0 aliphatic rings. The number of rotatable bonds is 5. The molecule has 0 saturated carbocycles. The van der Waals surface area contributed by atoms with Gasteiger partial charge in [-0.15, -0.1) is 0 Å². The van der Waals surface area contributed by atoms with Crippen molar-refractivity contribution in [2.45, 2.75) is 6.92 Å². The van der Waals surface area contributed by atoms with Crippen LogP contribution in [0.3, 0.4) is 0 Å². The molecule has 106 valence electrons. The molecule has 0 spiro atoms. The molecule has 1 N–H and O–H groups in total. The van der Waals surface area contributed by atoms with Gasteiger partial charge in [0.25, 0.3) is 0 Å². The minimum Gasteiger partial charge on any atom is -0.491 e. The van der Waals surface area contributed by atoms with E-state index in [1.165, 1.54) is 0 Å². The summed E-state index contributed by atoms with van der Waals surface area (Å²) in [4.78, 5) is 0. The van der Waals surface area contributed by atoms with Crippen molar-refractivity contribution in [1.29, 1.82) is 0 Å². The first-order chi connectivity index (χ1) is 9.56. The highest BCUT2D eigenvalue weighted by Gasteiger charge is 2.02. The van der Waals surface area contributed by atoms with Crippen LogP contribution in [0.15, 0.2) is 36.4 Å². The SMILES string of the molecule is Cc1cc(Cl)ccc1OCCNc1cc(Cl)ccc1Cl. The van der Waals surface area contributed by atoms with Crippen LogP contribution >= 0.6 is 34.8 Å². The van der Waals surface area contributed by atoms with Crippen LogP contribution in [0.1, 0.15) is 5.56 Å². The van der Waals surface area contributed by atoms with E-state index in [1.807, 2.05) is 25.1 Å². The van der Waals surface area contributed by atoms with E-state index < -0.39 is 0 Å². The lowest BCUT2D eigenvalue weighted by molar-refractivity contribution is 0.330. The summed E-state index contributed by atoms with van der Waals surface area (Å²) in [7, 11) is 0. The molecule has 20 heavy (non-hydrogen) atoms. The number of aryl methyl sites for hydroxylation is 1. The Hall–Kier alpha value is -1.09. The van der Waals surface area contributed by atoms with Gasteiger partial charge in [-0.2, -0.15) is 0 Å². The van der Waals surface area contributed by atoms with E-state index in [0.29, 0.717) is 28.2 Å². The average Bonchev–Trinajstić information content (AvgIpc) is 2.40. The van der Waals surface area contributed by atoms with Crippen molar-refractivity contribution in [2.75, 3.05) is 18.5 Å². The highest BCUT2D eigenvalue weighted by atomic mass is 35.5. The lowest BCUT2D eigenvalue weighted by atomic mass is 10.2. The maximum Gasteiger partial charge on any atom is 0.122 e. The van der Waals surface area contributed by atoms with Gasteiger partial charge in [-0.1, -0.05) is 34.8 Å². The lowest BCUT2D eigenvalue weighted by Gasteiger charge is -2.11. The van der Waals surface area contributed by atoms with E-state index >= 15 is 0 Å². The Kier molecular flexibility index (Phi) is 5.41. The fourth-order valence-electron chi connectivity index (χ4n) is 1.75. The molecular formula is C15H14Cl3NO. The van der Waals surface area contributed by atoms with Crippen molar-refractivity contribution < 1.29 is 4.74 Å². The number of hydrogen-bond acceptors (Lipinski definition) is 2. The summed E-state index contributed by atoms with van der Waals surface area (Å²) in [5.41, 5.74) is 1.81. The molecule has 0 atom stereocenters. The molecule has 0 aliphatic carbocycles. The van der Waals surface area contributed by atoms with E-state index in [-0.39, 0.29) is 0 Å². The number of halogens is 3. The van der Waals surface area contributed by atoms with Gasteiger partial charge in [-0.25, -0.2) is 0 Å². The second kappa shape index (κ2) is 7.07. The fraction of sp³-hybridized carbons (Fsp3) is 0.200. The van der Waals surface area contributed by atoms with Crippen molar-refractivity contribution >= 4 is 40.5 Å². The highest BCUT2D eigenvalue weighted by Crippen LogP contribution is 2.25. The van der Waals surface area contributed by atoms with Gasteiger partial charge in [0.05, 0.1) is 10.7 Å². The summed E-state index contributed by atoms with van der Waals surface area (Å²) in [5, 5.41) is 5.18. The van der Waals surface area contributed by atoms with E-state index in [1.54, 1.807) is 18.2 Å². The van der Waals surface area contributed by atoms with Gasteiger partial charge in [0, 0.05) is 16.6 Å². The minimum absolute atomic E-state index is 0.519. The summed E-state index contributed by atoms with van der Waals surface area (Å²) in [6.45, 7) is 3.11. The summed E-state index contributed by atoms with van der Waals surface area (Å²) in [6, 6.07) is 10.9. The van der Waals surface area contributed by atoms with Crippen LogP contribution < -0.4 is 10.1 Å². The normalized spacial score (nSPS) is 10.4. The zero-order valence-electron chi connectivity index (χ0n) is 10.9. The van der Waals surface area contributed by atoms with E-state index in [4.69, 9.17) is 39.5 Å². The Morgan fingerprint density at radius 3 is 2.45 bits per heavy atom. The van der Waals surface area contributed by atoms with Crippen molar-refractivity contribution in [2.24, 2.45) is 0 Å². The predicted molar refractivity (Wildman–Crippen MR) is 86.6 cm³/mol. The van der Waals surface area contributed by atoms with Crippen LogP contribution in [-0.2, 0) is 0 Å². The monoisotopic (exact) mass is 329 g/mol. The number of nitrogens with one attached hydrogen (secondary N) is 1. The molecule has 2 aromatic carbocycles. The Labute approximate surface area is 133 Å². The van der Waals surface area contributed by atoms with Crippen LogP contribution in [-0.4, -0.2) is 13.2 Å². The van der Waals surface area contributed by atoms with Crippen LogP contribution in [0.5, 0.6) is 5.75 Å².